The van der Waals surface area contributed by atoms with Crippen LogP contribution in [-0.4, -0.2) is 76.0 Å². The first-order chi connectivity index (χ1) is 12.3. The van der Waals surface area contributed by atoms with E-state index in [1.165, 1.54) is 0 Å². The van der Waals surface area contributed by atoms with Crippen molar-refractivity contribution in [3.05, 3.63) is 0 Å². The molecular formula is C16H38O7SSi2. The van der Waals surface area contributed by atoms with Crippen molar-refractivity contribution in [2.45, 2.75) is 50.6 Å². The maximum absolute atomic E-state index is 12.3. The second-order valence-electron chi connectivity index (χ2n) is 6.37. The van der Waals surface area contributed by atoms with Crippen molar-refractivity contribution in [3.63, 3.8) is 0 Å². The minimum Gasteiger partial charge on any atom is -0.377 e. The monoisotopic (exact) mass is 430 g/mol. The molecule has 2 atom stereocenters. The summed E-state index contributed by atoms with van der Waals surface area (Å²) < 4.78 is 45.3. The van der Waals surface area contributed by atoms with Gasteiger partial charge in [0.25, 0.3) is 0 Å². The van der Waals surface area contributed by atoms with E-state index >= 15 is 0 Å². The fraction of sp³-hybridized carbons (Fsp3) is 1.00. The number of rotatable bonds is 16. The maximum atomic E-state index is 12.3. The molecule has 0 saturated heterocycles. The van der Waals surface area contributed by atoms with Gasteiger partial charge in [-0.25, -0.2) is 0 Å². The summed E-state index contributed by atoms with van der Waals surface area (Å²) in [4.78, 5) is 0. The minimum atomic E-state index is -2.60. The Labute approximate surface area is 164 Å². The van der Waals surface area contributed by atoms with Crippen LogP contribution in [-0.2, 0) is 37.4 Å². The van der Waals surface area contributed by atoms with E-state index in [4.69, 9.17) is 26.6 Å². The summed E-state index contributed by atoms with van der Waals surface area (Å²) in [5.41, 5.74) is 0.354. The number of hydrogen-bond donors (Lipinski definition) is 0. The van der Waals surface area contributed by atoms with Crippen LogP contribution in [0.25, 0.3) is 0 Å². The van der Waals surface area contributed by atoms with Crippen molar-refractivity contribution in [3.8, 4) is 0 Å². The largest absolute Gasteiger partial charge is 0.503 e. The molecule has 0 spiro atoms. The van der Waals surface area contributed by atoms with Gasteiger partial charge < -0.3 is 26.6 Å². The van der Waals surface area contributed by atoms with Crippen molar-refractivity contribution >= 4 is 28.4 Å². The molecule has 0 fully saturated rings. The van der Waals surface area contributed by atoms with Crippen LogP contribution in [0.2, 0.25) is 11.1 Å². The molecule has 0 aromatic rings. The lowest BCUT2D eigenvalue weighted by molar-refractivity contribution is 0.111. The third kappa shape index (κ3) is 7.40. The molecule has 0 aromatic heterocycles. The Kier molecular flexibility index (Phi) is 13.7. The lowest BCUT2D eigenvalue weighted by atomic mass is 10.3. The molecule has 158 valence electrons. The van der Waals surface area contributed by atoms with Crippen LogP contribution in [0.1, 0.15) is 39.5 Å². The zero-order valence-electron chi connectivity index (χ0n) is 17.7. The summed E-state index contributed by atoms with van der Waals surface area (Å²) in [6.07, 6.45) is 3.47. The lowest BCUT2D eigenvalue weighted by Gasteiger charge is -2.30. The SMILES string of the molecule is CO[Si](OC)(OC)C(C)CCCS(=O)CCCC(C)[Si](OC)(OC)OC. The van der Waals surface area contributed by atoms with Crippen LogP contribution in [0.3, 0.4) is 0 Å². The van der Waals surface area contributed by atoms with Crippen molar-refractivity contribution in [2.24, 2.45) is 0 Å². The minimum absolute atomic E-state index is 0.177. The highest BCUT2D eigenvalue weighted by Crippen LogP contribution is 2.29. The molecule has 0 saturated carbocycles. The molecule has 0 bridgehead atoms. The second-order valence-corrected chi connectivity index (χ2v) is 14.9. The van der Waals surface area contributed by atoms with Crippen LogP contribution in [0.5, 0.6) is 0 Å². The summed E-state index contributed by atoms with van der Waals surface area (Å²) in [6.45, 7) is 4.13. The summed E-state index contributed by atoms with van der Waals surface area (Å²) in [5.74, 6) is 1.36. The smallest absolute Gasteiger partial charge is 0.377 e. The van der Waals surface area contributed by atoms with E-state index in [0.717, 1.165) is 25.7 Å². The highest BCUT2D eigenvalue weighted by Gasteiger charge is 2.45. The van der Waals surface area contributed by atoms with Gasteiger partial charge in [-0.2, -0.15) is 0 Å². The first-order valence-electron chi connectivity index (χ1n) is 8.97. The fourth-order valence-corrected chi connectivity index (χ4v) is 8.97. The lowest BCUT2D eigenvalue weighted by Crippen LogP contribution is -2.46. The van der Waals surface area contributed by atoms with Crippen LogP contribution >= 0.6 is 0 Å². The fourth-order valence-electron chi connectivity index (χ4n) is 3.26. The molecule has 0 amide bonds. The van der Waals surface area contributed by atoms with Gasteiger partial charge in [0.15, 0.2) is 0 Å². The Morgan fingerprint density at radius 1 is 0.654 bits per heavy atom. The predicted molar refractivity (Wildman–Crippen MR) is 109 cm³/mol. The standard InChI is InChI=1S/C16H38O7SSi2/c1-15(25(18-3,19-4)20-5)11-9-13-24(17)14-10-12-16(2)26(21-6,22-7)23-8/h15-16H,9-14H2,1-8H3. The van der Waals surface area contributed by atoms with E-state index in [2.05, 4.69) is 13.8 Å². The van der Waals surface area contributed by atoms with E-state index in [-0.39, 0.29) is 11.1 Å². The van der Waals surface area contributed by atoms with Gasteiger partial charge in [0, 0.05) is 76.0 Å². The predicted octanol–water partition coefficient (Wildman–Crippen LogP) is 2.83. The van der Waals surface area contributed by atoms with E-state index in [9.17, 15) is 4.21 Å². The van der Waals surface area contributed by atoms with Gasteiger partial charge in [0.05, 0.1) is 0 Å². The van der Waals surface area contributed by atoms with Gasteiger partial charge in [0.2, 0.25) is 0 Å². The molecule has 0 rings (SSSR count). The van der Waals surface area contributed by atoms with Crippen LogP contribution < -0.4 is 0 Å². The first kappa shape index (κ1) is 26.3. The van der Waals surface area contributed by atoms with Gasteiger partial charge in [0.1, 0.15) is 0 Å². The third-order valence-corrected chi connectivity index (χ3v) is 12.8. The van der Waals surface area contributed by atoms with Crippen molar-refractivity contribution in [1.29, 1.82) is 0 Å². The third-order valence-electron chi connectivity index (χ3n) is 4.93. The molecular weight excluding hydrogens is 392 g/mol. The zero-order chi connectivity index (χ0) is 20.2. The molecule has 0 radical (unpaired) electrons. The van der Waals surface area contributed by atoms with E-state index in [1.807, 2.05) is 0 Å². The topological polar surface area (TPSA) is 72.5 Å². The Balaban J connectivity index is 4.22. The summed E-state index contributed by atoms with van der Waals surface area (Å²) in [7, 11) is 3.70. The van der Waals surface area contributed by atoms with E-state index in [1.54, 1.807) is 42.7 Å². The van der Waals surface area contributed by atoms with Gasteiger partial charge >= 0.3 is 17.6 Å². The average molecular weight is 431 g/mol. The highest BCUT2D eigenvalue weighted by atomic mass is 32.2. The Bertz CT molecular complexity index is 342. The maximum Gasteiger partial charge on any atom is 0.503 e. The van der Waals surface area contributed by atoms with Crippen LogP contribution in [0, 0.1) is 0 Å². The quantitative estimate of drug-likeness (QED) is 0.349. The van der Waals surface area contributed by atoms with E-state index < -0.39 is 28.4 Å². The Morgan fingerprint density at radius 3 is 1.15 bits per heavy atom. The molecule has 2 unspecified atom stereocenters. The Hall–Kier alpha value is 0.344. The molecule has 26 heavy (non-hydrogen) atoms. The summed E-state index contributed by atoms with van der Waals surface area (Å²) in [6, 6.07) is 0. The summed E-state index contributed by atoms with van der Waals surface area (Å²) >= 11 is 0. The number of hydrogen-bond acceptors (Lipinski definition) is 7. The molecule has 10 heteroatoms. The van der Waals surface area contributed by atoms with Crippen molar-refractivity contribution in [2.75, 3.05) is 54.2 Å². The zero-order valence-corrected chi connectivity index (χ0v) is 20.5. The molecule has 0 N–H and O–H groups in total. The highest BCUT2D eigenvalue weighted by molar-refractivity contribution is 7.84. The van der Waals surface area contributed by atoms with Crippen LogP contribution in [0.15, 0.2) is 0 Å². The van der Waals surface area contributed by atoms with E-state index in [0.29, 0.717) is 11.5 Å². The molecule has 0 aliphatic heterocycles. The van der Waals surface area contributed by atoms with Gasteiger partial charge in [-0.05, 0) is 25.7 Å². The summed E-state index contributed by atoms with van der Waals surface area (Å²) in [5, 5.41) is 0. The van der Waals surface area contributed by atoms with Crippen molar-refractivity contribution in [1.82, 2.24) is 0 Å². The van der Waals surface area contributed by atoms with Gasteiger partial charge in [-0.3, -0.25) is 4.21 Å². The normalized spacial score (nSPS) is 16.5. The van der Waals surface area contributed by atoms with Gasteiger partial charge in [-0.15, -0.1) is 0 Å². The molecule has 0 aromatic carbocycles. The molecule has 0 aliphatic rings. The molecule has 0 aliphatic carbocycles. The average Bonchev–Trinajstić information content (AvgIpc) is 2.65. The van der Waals surface area contributed by atoms with Crippen LogP contribution in [0.4, 0.5) is 0 Å². The Morgan fingerprint density at radius 2 is 0.923 bits per heavy atom. The first-order valence-corrected chi connectivity index (χ1v) is 14.1. The second kappa shape index (κ2) is 13.5. The molecule has 7 nitrogen and oxygen atoms in total. The molecule has 0 heterocycles. The van der Waals surface area contributed by atoms with Crippen molar-refractivity contribution < 1.29 is 30.8 Å². The van der Waals surface area contributed by atoms with Gasteiger partial charge in [-0.1, -0.05) is 13.8 Å².